The van der Waals surface area contributed by atoms with Crippen LogP contribution in [0.15, 0.2) is 46.7 Å². The number of halogens is 2. The molecule has 184 valence electrons. The molecule has 1 aliphatic heterocycles. The molecule has 7 nitrogen and oxygen atoms in total. The number of nitrogens with zero attached hydrogens (tertiary/aromatic N) is 4. The Balaban J connectivity index is 1.42. The summed E-state index contributed by atoms with van der Waals surface area (Å²) >= 11 is 1.43. The van der Waals surface area contributed by atoms with Crippen LogP contribution in [0.2, 0.25) is 0 Å². The standard InChI is InChI=1S/C25H27F2N5O2S/c1-3-34-15-31-10-8-17(9-11-31)21-12-22(33)30-23-19(13-28-32(21)23)24-29-20(14-35-24)16-4-6-18(7-5-16)25(2,26)27/h4-7,12-14,17H,3,8-11,15H2,1-2H3,(H,30,33). The van der Waals surface area contributed by atoms with E-state index in [4.69, 9.17) is 9.72 Å². The molecule has 4 heterocycles. The van der Waals surface area contributed by atoms with E-state index >= 15 is 0 Å². The first-order chi connectivity index (χ1) is 16.8. The van der Waals surface area contributed by atoms with Crippen LogP contribution < -0.4 is 5.56 Å². The van der Waals surface area contributed by atoms with E-state index in [0.717, 1.165) is 49.7 Å². The van der Waals surface area contributed by atoms with Gasteiger partial charge in [0.25, 0.3) is 11.5 Å². The maximum Gasteiger partial charge on any atom is 0.270 e. The number of fused-ring (bicyclic) bond motifs is 1. The number of likely N-dealkylation sites (tertiary alicyclic amines) is 1. The summed E-state index contributed by atoms with van der Waals surface area (Å²) in [4.78, 5) is 22.5. The van der Waals surface area contributed by atoms with Gasteiger partial charge in [0.1, 0.15) is 10.7 Å². The summed E-state index contributed by atoms with van der Waals surface area (Å²) in [6.07, 6.45) is 3.58. The van der Waals surface area contributed by atoms with Crippen LogP contribution >= 0.6 is 11.3 Å². The number of aromatic nitrogens is 4. The third-order valence-electron chi connectivity index (χ3n) is 6.44. The van der Waals surface area contributed by atoms with Crippen molar-refractivity contribution < 1.29 is 13.5 Å². The number of thiazole rings is 1. The van der Waals surface area contributed by atoms with Gasteiger partial charge in [-0.2, -0.15) is 5.10 Å². The fourth-order valence-electron chi connectivity index (χ4n) is 4.50. The van der Waals surface area contributed by atoms with Crippen molar-refractivity contribution in [3.8, 4) is 21.8 Å². The van der Waals surface area contributed by atoms with Crippen molar-refractivity contribution in [3.63, 3.8) is 0 Å². The summed E-state index contributed by atoms with van der Waals surface area (Å²) in [6.45, 7) is 6.02. The Hall–Kier alpha value is -2.95. The second-order valence-electron chi connectivity index (χ2n) is 8.89. The van der Waals surface area contributed by atoms with Crippen molar-refractivity contribution in [2.75, 3.05) is 26.4 Å². The van der Waals surface area contributed by atoms with Crippen LogP contribution in [0.25, 0.3) is 27.5 Å². The molecule has 3 aromatic heterocycles. The molecule has 0 amide bonds. The van der Waals surface area contributed by atoms with E-state index in [1.165, 1.54) is 23.5 Å². The topological polar surface area (TPSA) is 75.5 Å². The van der Waals surface area contributed by atoms with Crippen LogP contribution in [0.5, 0.6) is 0 Å². The first kappa shape index (κ1) is 23.8. The lowest BCUT2D eigenvalue weighted by atomic mass is 9.93. The molecule has 0 unspecified atom stereocenters. The minimum atomic E-state index is -2.88. The normalized spacial score (nSPS) is 15.8. The number of nitrogens with one attached hydrogen (secondary N) is 1. The molecule has 0 spiro atoms. The number of hydrogen-bond acceptors (Lipinski definition) is 6. The molecule has 10 heteroatoms. The van der Waals surface area contributed by atoms with Gasteiger partial charge in [-0.3, -0.25) is 9.69 Å². The molecule has 0 aliphatic carbocycles. The smallest absolute Gasteiger partial charge is 0.270 e. The fourth-order valence-corrected chi connectivity index (χ4v) is 5.34. The lowest BCUT2D eigenvalue weighted by molar-refractivity contribution is 0.0175. The highest BCUT2D eigenvalue weighted by molar-refractivity contribution is 7.13. The van der Waals surface area contributed by atoms with Gasteiger partial charge < -0.3 is 9.72 Å². The molecule has 0 atom stereocenters. The third-order valence-corrected chi connectivity index (χ3v) is 7.32. The van der Waals surface area contributed by atoms with Crippen LogP contribution in [0.3, 0.4) is 0 Å². The molecule has 0 radical (unpaired) electrons. The van der Waals surface area contributed by atoms with E-state index in [1.807, 2.05) is 16.8 Å². The van der Waals surface area contributed by atoms with E-state index in [-0.39, 0.29) is 17.0 Å². The quantitative estimate of drug-likeness (QED) is 0.383. The molecular formula is C25H27F2N5O2S. The minimum absolute atomic E-state index is 0.0341. The van der Waals surface area contributed by atoms with E-state index in [1.54, 1.807) is 24.4 Å². The highest BCUT2D eigenvalue weighted by atomic mass is 32.1. The van der Waals surface area contributed by atoms with Gasteiger partial charge in [0.05, 0.1) is 29.9 Å². The molecule has 5 rings (SSSR count). The molecule has 1 N–H and O–H groups in total. The van der Waals surface area contributed by atoms with Gasteiger partial charge in [0.2, 0.25) is 0 Å². The number of H-pyrrole nitrogens is 1. The number of rotatable bonds is 7. The second kappa shape index (κ2) is 9.60. The highest BCUT2D eigenvalue weighted by Gasteiger charge is 2.26. The Morgan fingerprint density at radius 3 is 2.66 bits per heavy atom. The maximum atomic E-state index is 13.5. The zero-order valence-corrected chi connectivity index (χ0v) is 20.4. The Bertz CT molecular complexity index is 1370. The summed E-state index contributed by atoms with van der Waals surface area (Å²) in [6, 6.07) is 7.80. The van der Waals surface area contributed by atoms with E-state index in [9.17, 15) is 13.6 Å². The molecule has 0 bridgehead atoms. The zero-order valence-electron chi connectivity index (χ0n) is 19.6. The average Bonchev–Trinajstić information content (AvgIpc) is 3.49. The summed E-state index contributed by atoms with van der Waals surface area (Å²) in [5.41, 5.74) is 3.50. The SMILES string of the molecule is CCOCN1CCC(c2cc(=O)[nH]c3c(-c4nc(-c5ccc(C(C)(F)F)cc5)cs4)cnn23)CC1. The van der Waals surface area contributed by atoms with E-state index in [2.05, 4.69) is 15.0 Å². The monoisotopic (exact) mass is 499 g/mol. The molecule has 0 saturated carbocycles. The van der Waals surface area contributed by atoms with E-state index in [0.29, 0.717) is 29.7 Å². The Morgan fingerprint density at radius 2 is 1.97 bits per heavy atom. The Kier molecular flexibility index (Phi) is 6.52. The van der Waals surface area contributed by atoms with Crippen LogP contribution in [0.4, 0.5) is 8.78 Å². The van der Waals surface area contributed by atoms with Crippen molar-refractivity contribution >= 4 is 17.0 Å². The predicted molar refractivity (Wildman–Crippen MR) is 132 cm³/mol. The van der Waals surface area contributed by atoms with Crippen LogP contribution in [-0.2, 0) is 10.7 Å². The minimum Gasteiger partial charge on any atom is -0.366 e. The van der Waals surface area contributed by atoms with Gasteiger partial charge in [-0.05, 0) is 19.8 Å². The Labute approximate surface area is 205 Å². The molecule has 4 aromatic rings. The third kappa shape index (κ3) is 4.91. The first-order valence-electron chi connectivity index (χ1n) is 11.7. The fraction of sp³-hybridized carbons (Fsp3) is 0.400. The first-order valence-corrected chi connectivity index (χ1v) is 12.6. The van der Waals surface area contributed by atoms with Gasteiger partial charge >= 0.3 is 0 Å². The summed E-state index contributed by atoms with van der Waals surface area (Å²) in [5.74, 6) is -2.65. The van der Waals surface area contributed by atoms with Crippen LogP contribution in [-0.4, -0.2) is 50.9 Å². The zero-order chi connectivity index (χ0) is 24.6. The van der Waals surface area contributed by atoms with Crippen molar-refractivity contribution in [3.05, 3.63) is 63.5 Å². The molecule has 1 fully saturated rings. The largest absolute Gasteiger partial charge is 0.366 e. The molecule has 1 saturated heterocycles. The van der Waals surface area contributed by atoms with E-state index < -0.39 is 5.92 Å². The maximum absolute atomic E-state index is 13.5. The predicted octanol–water partition coefficient (Wildman–Crippen LogP) is 5.10. The number of alkyl halides is 2. The molecule has 1 aromatic carbocycles. The molecular weight excluding hydrogens is 472 g/mol. The van der Waals surface area contributed by atoms with Crippen molar-refractivity contribution in [1.82, 2.24) is 24.5 Å². The number of hydrogen-bond donors (Lipinski definition) is 1. The second-order valence-corrected chi connectivity index (χ2v) is 9.75. The number of piperidine rings is 1. The lowest BCUT2D eigenvalue weighted by Gasteiger charge is -2.31. The lowest BCUT2D eigenvalue weighted by Crippen LogP contribution is -2.35. The van der Waals surface area contributed by atoms with Gasteiger partial charge in [-0.25, -0.2) is 18.3 Å². The number of benzene rings is 1. The summed E-state index contributed by atoms with van der Waals surface area (Å²) in [7, 11) is 0. The van der Waals surface area contributed by atoms with Crippen molar-refractivity contribution in [2.24, 2.45) is 0 Å². The van der Waals surface area contributed by atoms with Crippen molar-refractivity contribution in [2.45, 2.75) is 38.5 Å². The summed E-state index contributed by atoms with van der Waals surface area (Å²) in [5, 5.41) is 7.18. The van der Waals surface area contributed by atoms with Gasteiger partial charge in [-0.1, -0.05) is 24.3 Å². The highest BCUT2D eigenvalue weighted by Crippen LogP contribution is 2.34. The number of aromatic amines is 1. The molecule has 1 aliphatic rings. The summed E-state index contributed by atoms with van der Waals surface area (Å²) < 4.78 is 34.4. The molecule has 35 heavy (non-hydrogen) atoms. The van der Waals surface area contributed by atoms with Gasteiger partial charge in [0.15, 0.2) is 0 Å². The van der Waals surface area contributed by atoms with Gasteiger partial charge in [0, 0.05) is 55.1 Å². The van der Waals surface area contributed by atoms with Crippen molar-refractivity contribution in [1.29, 1.82) is 0 Å². The average molecular weight is 500 g/mol. The Morgan fingerprint density at radius 1 is 1.23 bits per heavy atom. The van der Waals surface area contributed by atoms with Crippen LogP contribution in [0.1, 0.15) is 43.9 Å². The van der Waals surface area contributed by atoms with Gasteiger partial charge in [-0.15, -0.1) is 11.3 Å². The number of ether oxygens (including phenoxy) is 1. The van der Waals surface area contributed by atoms with Crippen LogP contribution in [0, 0.1) is 0 Å².